The molecular formula is C27H32N2O5. The number of hydrogen-bond donors (Lipinski definition) is 2. The zero-order valence-corrected chi connectivity index (χ0v) is 19.7. The molecule has 2 atom stereocenters. The topological polar surface area (TPSA) is 95.9 Å². The van der Waals surface area contributed by atoms with Crippen LogP contribution in [0, 0.1) is 5.92 Å². The number of carboxylic acid groups (broad SMARTS) is 1. The van der Waals surface area contributed by atoms with Crippen molar-refractivity contribution in [1.82, 2.24) is 10.2 Å². The Labute approximate surface area is 200 Å². The molecule has 0 bridgehead atoms. The Kier molecular flexibility index (Phi) is 7.20. The van der Waals surface area contributed by atoms with Crippen LogP contribution < -0.4 is 5.32 Å². The van der Waals surface area contributed by atoms with Crippen molar-refractivity contribution in [2.45, 2.75) is 57.5 Å². The highest BCUT2D eigenvalue weighted by Crippen LogP contribution is 2.44. The number of carbonyl (C=O) groups excluding carboxylic acids is 2. The summed E-state index contributed by atoms with van der Waals surface area (Å²) in [4.78, 5) is 38.1. The maximum atomic E-state index is 13.0. The Hall–Kier alpha value is -3.35. The van der Waals surface area contributed by atoms with Crippen LogP contribution >= 0.6 is 0 Å². The van der Waals surface area contributed by atoms with Gasteiger partial charge in [0, 0.05) is 30.5 Å². The van der Waals surface area contributed by atoms with E-state index in [1.54, 1.807) is 4.90 Å². The van der Waals surface area contributed by atoms with Gasteiger partial charge in [0.1, 0.15) is 6.61 Å². The van der Waals surface area contributed by atoms with Crippen LogP contribution in [0.1, 0.15) is 56.6 Å². The van der Waals surface area contributed by atoms with Crippen molar-refractivity contribution in [3.63, 3.8) is 0 Å². The number of carboxylic acids is 1. The van der Waals surface area contributed by atoms with E-state index in [1.807, 2.05) is 38.1 Å². The first-order chi connectivity index (χ1) is 16.3. The number of alkyl carbamates (subject to hydrolysis) is 1. The van der Waals surface area contributed by atoms with Crippen LogP contribution in [-0.2, 0) is 14.3 Å². The molecule has 34 heavy (non-hydrogen) atoms. The summed E-state index contributed by atoms with van der Waals surface area (Å²) in [6.07, 6.45) is 1.37. The Morgan fingerprint density at radius 2 is 1.65 bits per heavy atom. The number of carbonyl (C=O) groups is 3. The van der Waals surface area contributed by atoms with Gasteiger partial charge in [-0.2, -0.15) is 0 Å². The second-order valence-corrected chi connectivity index (χ2v) is 9.45. The van der Waals surface area contributed by atoms with Gasteiger partial charge in [0.25, 0.3) is 0 Å². The number of amides is 2. The van der Waals surface area contributed by atoms with Gasteiger partial charge in [-0.1, -0.05) is 48.5 Å². The number of benzene rings is 2. The first kappa shape index (κ1) is 23.8. The number of aliphatic carboxylic acids is 1. The number of rotatable bonds is 8. The molecule has 4 rings (SSSR count). The summed E-state index contributed by atoms with van der Waals surface area (Å²) in [6, 6.07) is 16.2. The van der Waals surface area contributed by atoms with Gasteiger partial charge >= 0.3 is 12.1 Å². The van der Waals surface area contributed by atoms with Crippen molar-refractivity contribution in [1.29, 1.82) is 0 Å². The van der Waals surface area contributed by atoms with Crippen molar-refractivity contribution in [3.05, 3.63) is 59.7 Å². The van der Waals surface area contributed by atoms with Gasteiger partial charge in [-0.15, -0.1) is 0 Å². The average Bonchev–Trinajstić information content (AvgIpc) is 3.40. The van der Waals surface area contributed by atoms with Crippen LogP contribution in [0.15, 0.2) is 48.5 Å². The van der Waals surface area contributed by atoms with Crippen LogP contribution in [0.4, 0.5) is 4.79 Å². The number of fused-ring (bicyclic) bond motifs is 3. The van der Waals surface area contributed by atoms with E-state index in [0.717, 1.165) is 11.1 Å². The molecule has 2 N–H and O–H groups in total. The lowest BCUT2D eigenvalue weighted by Gasteiger charge is -2.29. The molecule has 0 saturated heterocycles. The highest BCUT2D eigenvalue weighted by Gasteiger charge is 2.35. The summed E-state index contributed by atoms with van der Waals surface area (Å²) < 4.78 is 5.64. The zero-order valence-electron chi connectivity index (χ0n) is 19.7. The molecule has 0 aromatic heterocycles. The van der Waals surface area contributed by atoms with Crippen LogP contribution in [0.5, 0.6) is 0 Å². The van der Waals surface area contributed by atoms with Gasteiger partial charge in [-0.05, 0) is 55.4 Å². The van der Waals surface area contributed by atoms with Crippen molar-refractivity contribution >= 4 is 18.0 Å². The number of hydrogen-bond acceptors (Lipinski definition) is 4. The van der Waals surface area contributed by atoms with Crippen LogP contribution in [-0.4, -0.2) is 53.2 Å². The van der Waals surface area contributed by atoms with E-state index < -0.39 is 12.1 Å². The fourth-order valence-corrected chi connectivity index (χ4v) is 5.22. The highest BCUT2D eigenvalue weighted by molar-refractivity contribution is 5.81. The number of ether oxygens (including phenoxy) is 1. The van der Waals surface area contributed by atoms with Crippen LogP contribution in [0.2, 0.25) is 0 Å². The molecule has 0 aliphatic heterocycles. The summed E-state index contributed by atoms with van der Waals surface area (Å²) in [7, 11) is 0. The maximum absolute atomic E-state index is 13.0. The Bertz CT molecular complexity index is 1020. The predicted molar refractivity (Wildman–Crippen MR) is 128 cm³/mol. The molecule has 2 unspecified atom stereocenters. The molecule has 2 aromatic rings. The largest absolute Gasteiger partial charge is 0.481 e. The molecule has 2 aliphatic rings. The summed E-state index contributed by atoms with van der Waals surface area (Å²) in [6.45, 7) is 4.24. The third kappa shape index (κ3) is 5.08. The molecule has 1 saturated carbocycles. The standard InChI is InChI=1S/C27H32N2O5/c1-17(2)29(14-13-25(30)31)26(32)18-11-12-19(15-18)28-27(33)34-16-24-22-9-5-3-7-20(22)21-8-4-6-10-23(21)24/h3-10,17-19,24H,11-16H2,1-2H3,(H,28,33)(H,30,31). The van der Waals surface area contributed by atoms with Gasteiger partial charge in [0.2, 0.25) is 5.91 Å². The molecule has 0 heterocycles. The van der Waals surface area contributed by atoms with Crippen molar-refractivity contribution < 1.29 is 24.2 Å². The lowest BCUT2D eigenvalue weighted by atomic mass is 9.98. The second-order valence-electron chi connectivity index (χ2n) is 9.45. The second kappa shape index (κ2) is 10.3. The predicted octanol–water partition coefficient (Wildman–Crippen LogP) is 4.41. The molecule has 0 spiro atoms. The zero-order chi connectivity index (χ0) is 24.2. The van der Waals surface area contributed by atoms with E-state index in [0.29, 0.717) is 19.3 Å². The van der Waals surface area contributed by atoms with Crippen molar-refractivity contribution in [3.8, 4) is 11.1 Å². The minimum Gasteiger partial charge on any atom is -0.481 e. The summed E-state index contributed by atoms with van der Waals surface area (Å²) in [5.41, 5.74) is 4.69. The lowest BCUT2D eigenvalue weighted by molar-refractivity contribution is -0.140. The fourth-order valence-electron chi connectivity index (χ4n) is 5.22. The van der Waals surface area contributed by atoms with E-state index >= 15 is 0 Å². The number of nitrogens with zero attached hydrogens (tertiary/aromatic N) is 1. The van der Waals surface area contributed by atoms with Crippen molar-refractivity contribution in [2.24, 2.45) is 5.92 Å². The van der Waals surface area contributed by atoms with Crippen molar-refractivity contribution in [2.75, 3.05) is 13.2 Å². The number of nitrogens with one attached hydrogen (secondary N) is 1. The minimum atomic E-state index is -0.917. The average molecular weight is 465 g/mol. The smallest absolute Gasteiger partial charge is 0.407 e. The van der Waals surface area contributed by atoms with Gasteiger partial charge in [0.05, 0.1) is 6.42 Å². The van der Waals surface area contributed by atoms with Crippen LogP contribution in [0.3, 0.4) is 0 Å². The summed E-state index contributed by atoms with van der Waals surface area (Å²) >= 11 is 0. The third-order valence-electron chi connectivity index (χ3n) is 6.92. The van der Waals surface area contributed by atoms with E-state index in [-0.39, 0.29) is 49.4 Å². The molecule has 1 fully saturated rings. The first-order valence-electron chi connectivity index (χ1n) is 12.0. The molecule has 2 aliphatic carbocycles. The Balaban J connectivity index is 1.31. The van der Waals surface area contributed by atoms with Gasteiger partial charge in [0.15, 0.2) is 0 Å². The molecule has 7 heteroatoms. The van der Waals surface area contributed by atoms with Crippen LogP contribution in [0.25, 0.3) is 11.1 Å². The maximum Gasteiger partial charge on any atom is 0.407 e. The van der Waals surface area contributed by atoms with Gasteiger partial charge < -0.3 is 20.1 Å². The normalized spacial score (nSPS) is 18.9. The third-order valence-corrected chi connectivity index (χ3v) is 6.92. The van der Waals surface area contributed by atoms with E-state index in [2.05, 4.69) is 29.6 Å². The molecule has 2 aromatic carbocycles. The fraction of sp³-hybridized carbons (Fsp3) is 0.444. The lowest BCUT2D eigenvalue weighted by Crippen LogP contribution is -2.42. The molecular weight excluding hydrogens is 432 g/mol. The quantitative estimate of drug-likeness (QED) is 0.604. The van der Waals surface area contributed by atoms with Gasteiger partial charge in [-0.3, -0.25) is 9.59 Å². The first-order valence-corrected chi connectivity index (χ1v) is 12.0. The molecule has 7 nitrogen and oxygen atoms in total. The molecule has 180 valence electrons. The molecule has 2 amide bonds. The summed E-state index contributed by atoms with van der Waals surface area (Å²) in [5, 5.41) is 11.9. The minimum absolute atomic E-state index is 0.00453. The Morgan fingerprint density at radius 3 is 2.24 bits per heavy atom. The monoisotopic (exact) mass is 464 g/mol. The molecule has 0 radical (unpaired) electrons. The summed E-state index contributed by atoms with van der Waals surface area (Å²) in [5.74, 6) is -1.16. The van der Waals surface area contributed by atoms with E-state index in [9.17, 15) is 14.4 Å². The SMILES string of the molecule is CC(C)N(CCC(=O)O)C(=O)C1CCC(NC(=O)OCC2c3ccccc3-c3ccccc32)C1. The van der Waals surface area contributed by atoms with E-state index in [4.69, 9.17) is 9.84 Å². The highest BCUT2D eigenvalue weighted by atomic mass is 16.5. The van der Waals surface area contributed by atoms with E-state index in [1.165, 1.54) is 11.1 Å². The Morgan fingerprint density at radius 1 is 1.03 bits per heavy atom. The van der Waals surface area contributed by atoms with Gasteiger partial charge in [-0.25, -0.2) is 4.79 Å².